The molecule has 1 amide bonds. The Morgan fingerprint density at radius 3 is 2.31 bits per heavy atom. The van der Waals surface area contributed by atoms with Crippen LogP contribution < -0.4 is 10.2 Å². The molecule has 0 saturated heterocycles. The van der Waals surface area contributed by atoms with Crippen molar-refractivity contribution in [2.45, 2.75) is 6.04 Å². The van der Waals surface area contributed by atoms with Crippen LogP contribution in [0.25, 0.3) is 0 Å². The summed E-state index contributed by atoms with van der Waals surface area (Å²) in [5.41, 5.74) is 0.661. The van der Waals surface area contributed by atoms with Crippen LogP contribution in [0.5, 0.6) is 0 Å². The largest absolute Gasteiger partial charge is 0.480 e. The van der Waals surface area contributed by atoms with Crippen molar-refractivity contribution in [1.29, 1.82) is 0 Å². The molecule has 1 aromatic carbocycles. The van der Waals surface area contributed by atoms with Crippen LogP contribution in [-0.2, 0) is 9.59 Å². The standard InChI is InChI=1S/C11H14N2O3/c1-12-9(11(15)16)10(14)13(2)8-6-4-3-5-7-8/h3-7,9,12H,1-2H3,(H,15,16). The molecule has 0 spiro atoms. The lowest BCUT2D eigenvalue weighted by atomic mass is 10.2. The highest BCUT2D eigenvalue weighted by atomic mass is 16.4. The molecular weight excluding hydrogens is 208 g/mol. The van der Waals surface area contributed by atoms with Crippen LogP contribution in [-0.4, -0.2) is 37.1 Å². The van der Waals surface area contributed by atoms with Gasteiger partial charge in [-0.25, -0.2) is 4.79 Å². The second-order valence-corrected chi connectivity index (χ2v) is 3.29. The van der Waals surface area contributed by atoms with Gasteiger partial charge in [-0.2, -0.15) is 0 Å². The van der Waals surface area contributed by atoms with E-state index in [1.807, 2.05) is 6.07 Å². The molecule has 5 heteroatoms. The SMILES string of the molecule is CNC(C(=O)O)C(=O)N(C)c1ccccc1. The lowest BCUT2D eigenvalue weighted by molar-refractivity contribution is -0.143. The highest BCUT2D eigenvalue weighted by molar-refractivity contribution is 6.08. The number of nitrogens with one attached hydrogen (secondary N) is 1. The number of rotatable bonds is 4. The van der Waals surface area contributed by atoms with Crippen molar-refractivity contribution >= 4 is 17.6 Å². The Hall–Kier alpha value is -1.88. The van der Waals surface area contributed by atoms with Crippen molar-refractivity contribution in [3.8, 4) is 0 Å². The maximum Gasteiger partial charge on any atom is 0.330 e. The normalized spacial score (nSPS) is 11.9. The third-order valence-electron chi connectivity index (χ3n) is 2.26. The van der Waals surface area contributed by atoms with E-state index in [0.29, 0.717) is 5.69 Å². The van der Waals surface area contributed by atoms with E-state index in [-0.39, 0.29) is 0 Å². The van der Waals surface area contributed by atoms with E-state index in [1.54, 1.807) is 31.3 Å². The summed E-state index contributed by atoms with van der Waals surface area (Å²) in [6, 6.07) is 7.67. The van der Waals surface area contributed by atoms with Crippen LogP contribution in [0.1, 0.15) is 0 Å². The summed E-state index contributed by atoms with van der Waals surface area (Å²) in [6.45, 7) is 0. The first-order chi connectivity index (χ1) is 7.57. The molecule has 1 unspecified atom stereocenters. The van der Waals surface area contributed by atoms with Crippen LogP contribution in [0.4, 0.5) is 5.69 Å². The molecule has 1 atom stereocenters. The van der Waals surface area contributed by atoms with Gasteiger partial charge in [0.25, 0.3) is 5.91 Å². The first-order valence-electron chi connectivity index (χ1n) is 4.80. The summed E-state index contributed by atoms with van der Waals surface area (Å²) < 4.78 is 0. The van der Waals surface area contributed by atoms with Gasteiger partial charge >= 0.3 is 5.97 Å². The van der Waals surface area contributed by atoms with E-state index in [4.69, 9.17) is 5.11 Å². The van der Waals surface area contributed by atoms with Crippen LogP contribution in [0.3, 0.4) is 0 Å². The van der Waals surface area contributed by atoms with E-state index in [1.165, 1.54) is 11.9 Å². The van der Waals surface area contributed by atoms with Crippen molar-refractivity contribution < 1.29 is 14.7 Å². The number of hydrogen-bond acceptors (Lipinski definition) is 3. The zero-order chi connectivity index (χ0) is 12.1. The van der Waals surface area contributed by atoms with Gasteiger partial charge in [-0.3, -0.25) is 10.1 Å². The van der Waals surface area contributed by atoms with Gasteiger partial charge in [0.15, 0.2) is 6.04 Å². The van der Waals surface area contributed by atoms with Crippen molar-refractivity contribution in [1.82, 2.24) is 5.32 Å². The molecule has 0 bridgehead atoms. The van der Waals surface area contributed by atoms with Crippen LogP contribution in [0.2, 0.25) is 0 Å². The number of anilines is 1. The molecule has 0 aliphatic heterocycles. The molecule has 0 aliphatic carbocycles. The zero-order valence-electron chi connectivity index (χ0n) is 9.18. The molecule has 0 heterocycles. The van der Waals surface area contributed by atoms with Crippen LogP contribution in [0.15, 0.2) is 30.3 Å². The lowest BCUT2D eigenvalue weighted by Gasteiger charge is -2.20. The Morgan fingerprint density at radius 1 is 1.31 bits per heavy atom. The molecule has 5 nitrogen and oxygen atoms in total. The summed E-state index contributed by atoms with van der Waals surface area (Å²) in [4.78, 5) is 23.9. The summed E-state index contributed by atoms with van der Waals surface area (Å²) in [5, 5.41) is 11.3. The minimum Gasteiger partial charge on any atom is -0.480 e. The van der Waals surface area contributed by atoms with Crippen LogP contribution >= 0.6 is 0 Å². The maximum atomic E-state index is 11.8. The number of amides is 1. The second kappa shape index (κ2) is 5.27. The van der Waals surface area contributed by atoms with Crippen molar-refractivity contribution in [2.24, 2.45) is 0 Å². The Kier molecular flexibility index (Phi) is 4.02. The quantitative estimate of drug-likeness (QED) is 0.720. The number of carbonyl (C=O) groups is 2. The van der Waals surface area contributed by atoms with E-state index in [9.17, 15) is 9.59 Å². The number of likely N-dealkylation sites (N-methyl/N-ethyl adjacent to an activating group) is 2. The fourth-order valence-electron chi connectivity index (χ4n) is 1.33. The molecule has 1 aromatic rings. The summed E-state index contributed by atoms with van der Waals surface area (Å²) in [5.74, 6) is -1.68. The molecule has 0 fully saturated rings. The predicted molar refractivity (Wildman–Crippen MR) is 60.3 cm³/mol. The molecule has 16 heavy (non-hydrogen) atoms. The Bertz CT molecular complexity index is 378. The topological polar surface area (TPSA) is 69.6 Å². The van der Waals surface area contributed by atoms with E-state index in [0.717, 1.165) is 0 Å². The van der Waals surface area contributed by atoms with Gasteiger partial charge in [-0.15, -0.1) is 0 Å². The molecule has 0 saturated carbocycles. The summed E-state index contributed by atoms with van der Waals surface area (Å²) in [7, 11) is 2.99. The number of nitrogens with zero attached hydrogens (tertiary/aromatic N) is 1. The highest BCUT2D eigenvalue weighted by Crippen LogP contribution is 2.12. The molecule has 1 rings (SSSR count). The van der Waals surface area contributed by atoms with Crippen LogP contribution in [0, 0.1) is 0 Å². The van der Waals surface area contributed by atoms with Gasteiger partial charge < -0.3 is 10.0 Å². The molecule has 0 aromatic heterocycles. The number of carboxylic acid groups (broad SMARTS) is 1. The number of hydrogen-bond donors (Lipinski definition) is 2. The van der Waals surface area contributed by atoms with Gasteiger partial charge in [-0.1, -0.05) is 18.2 Å². The lowest BCUT2D eigenvalue weighted by Crippen LogP contribution is -2.48. The van der Waals surface area contributed by atoms with Gasteiger partial charge in [0.2, 0.25) is 0 Å². The van der Waals surface area contributed by atoms with Crippen molar-refractivity contribution in [3.63, 3.8) is 0 Å². The predicted octanol–water partition coefficient (Wildman–Crippen LogP) is 0.322. The minimum absolute atomic E-state index is 0.499. The summed E-state index contributed by atoms with van der Waals surface area (Å²) >= 11 is 0. The van der Waals surface area contributed by atoms with Crippen molar-refractivity contribution in [3.05, 3.63) is 30.3 Å². The van der Waals surface area contributed by atoms with Crippen molar-refractivity contribution in [2.75, 3.05) is 19.0 Å². The molecular formula is C11H14N2O3. The van der Waals surface area contributed by atoms with Gasteiger partial charge in [-0.05, 0) is 19.2 Å². The average Bonchev–Trinajstić information content (AvgIpc) is 2.29. The number of benzene rings is 1. The molecule has 0 aliphatic rings. The smallest absolute Gasteiger partial charge is 0.330 e. The molecule has 0 radical (unpaired) electrons. The third-order valence-corrected chi connectivity index (χ3v) is 2.26. The van der Waals surface area contributed by atoms with E-state index < -0.39 is 17.9 Å². The number of aliphatic carboxylic acids is 1. The van der Waals surface area contributed by atoms with E-state index >= 15 is 0 Å². The van der Waals surface area contributed by atoms with Gasteiger partial charge in [0.1, 0.15) is 0 Å². The van der Waals surface area contributed by atoms with Gasteiger partial charge in [0, 0.05) is 12.7 Å². The Balaban J connectivity index is 2.86. The first kappa shape index (κ1) is 12.2. The van der Waals surface area contributed by atoms with Gasteiger partial charge in [0.05, 0.1) is 0 Å². The average molecular weight is 222 g/mol. The fraction of sp³-hybridized carbons (Fsp3) is 0.273. The first-order valence-corrected chi connectivity index (χ1v) is 4.80. The monoisotopic (exact) mass is 222 g/mol. The third kappa shape index (κ3) is 2.58. The number of carbonyl (C=O) groups excluding carboxylic acids is 1. The maximum absolute atomic E-state index is 11.8. The Labute approximate surface area is 93.7 Å². The second-order valence-electron chi connectivity index (χ2n) is 3.29. The minimum atomic E-state index is -1.22. The van der Waals surface area contributed by atoms with E-state index in [2.05, 4.69) is 5.32 Å². The summed E-state index contributed by atoms with van der Waals surface area (Å²) in [6.07, 6.45) is 0. The fourth-order valence-corrected chi connectivity index (χ4v) is 1.33. The number of para-hydroxylation sites is 1. The Morgan fingerprint density at radius 2 is 1.88 bits per heavy atom. The highest BCUT2D eigenvalue weighted by Gasteiger charge is 2.27. The number of carboxylic acids is 1. The zero-order valence-corrected chi connectivity index (χ0v) is 9.18. The molecule has 2 N–H and O–H groups in total. The molecule has 86 valence electrons.